The van der Waals surface area contributed by atoms with Crippen LogP contribution in [0.5, 0.6) is 0 Å². The molecular weight excluding hydrogens is 208 g/mol. The Kier molecular flexibility index (Phi) is 2.86. The first-order valence-electron chi connectivity index (χ1n) is 4.73. The molecule has 2 rings (SSSR count). The normalized spacial score (nSPS) is 10.2. The highest BCUT2D eigenvalue weighted by Gasteiger charge is 2.09. The van der Waals surface area contributed by atoms with Crippen molar-refractivity contribution in [2.24, 2.45) is 5.73 Å². The molecule has 1 amide bonds. The zero-order chi connectivity index (χ0) is 11.4. The molecule has 0 atom stereocenters. The predicted octanol–water partition coefficient (Wildman–Crippen LogP) is -0.390. The van der Waals surface area contributed by atoms with E-state index in [4.69, 9.17) is 5.73 Å². The number of rotatable bonds is 4. The smallest absolute Gasteiger partial charge is 0.219 e. The van der Waals surface area contributed by atoms with E-state index in [2.05, 4.69) is 20.5 Å². The van der Waals surface area contributed by atoms with E-state index in [1.54, 1.807) is 18.3 Å². The molecule has 0 saturated carbocycles. The van der Waals surface area contributed by atoms with Crippen LogP contribution in [-0.2, 0) is 11.3 Å². The number of carbonyl (C=O) groups is 1. The van der Waals surface area contributed by atoms with E-state index in [1.807, 2.05) is 6.07 Å². The molecule has 0 saturated heterocycles. The van der Waals surface area contributed by atoms with Gasteiger partial charge in [0.1, 0.15) is 5.69 Å². The lowest BCUT2D eigenvalue weighted by Gasteiger charge is -2.01. The lowest BCUT2D eigenvalue weighted by molar-refractivity contribution is -0.118. The Morgan fingerprint density at radius 2 is 2.31 bits per heavy atom. The maximum absolute atomic E-state index is 10.7. The molecule has 16 heavy (non-hydrogen) atoms. The summed E-state index contributed by atoms with van der Waals surface area (Å²) in [5, 5.41) is 11.2. The van der Waals surface area contributed by atoms with E-state index in [1.165, 1.54) is 4.68 Å². The Bertz CT molecular complexity index is 480. The molecule has 2 N–H and O–H groups in total. The number of hydrogen-bond acceptors (Lipinski definition) is 5. The largest absolute Gasteiger partial charge is 0.370 e. The zero-order valence-corrected chi connectivity index (χ0v) is 8.45. The van der Waals surface area contributed by atoms with Gasteiger partial charge in [-0.2, -0.15) is 0 Å². The molecule has 0 aromatic carbocycles. The number of aryl methyl sites for hydroxylation is 1. The molecule has 0 aliphatic carbocycles. The summed E-state index contributed by atoms with van der Waals surface area (Å²) >= 11 is 0. The lowest BCUT2D eigenvalue weighted by Crippen LogP contribution is -2.15. The average molecular weight is 218 g/mol. The van der Waals surface area contributed by atoms with Crippen molar-refractivity contribution in [1.29, 1.82) is 0 Å². The van der Waals surface area contributed by atoms with Crippen LogP contribution in [0.4, 0.5) is 0 Å². The minimum atomic E-state index is -0.387. The number of nitrogens with two attached hydrogens (primary N) is 1. The quantitative estimate of drug-likeness (QED) is 0.753. The Morgan fingerprint density at radius 1 is 1.44 bits per heavy atom. The van der Waals surface area contributed by atoms with Crippen molar-refractivity contribution in [3.63, 3.8) is 0 Å². The maximum atomic E-state index is 10.7. The molecule has 0 aliphatic rings. The number of nitrogens with zero attached hydrogens (tertiary/aromatic N) is 5. The highest BCUT2D eigenvalue weighted by atomic mass is 16.1. The first-order chi connectivity index (χ1) is 7.77. The number of aromatic nitrogens is 5. The van der Waals surface area contributed by atoms with E-state index in [9.17, 15) is 4.79 Å². The van der Waals surface area contributed by atoms with Crippen LogP contribution < -0.4 is 5.73 Å². The topological polar surface area (TPSA) is 99.6 Å². The Balaban J connectivity index is 2.23. The molecule has 82 valence electrons. The molecule has 2 aromatic rings. The summed E-state index contributed by atoms with van der Waals surface area (Å²) in [5.74, 6) is 0.143. The van der Waals surface area contributed by atoms with Crippen LogP contribution in [0.15, 0.2) is 24.4 Å². The van der Waals surface area contributed by atoms with Crippen LogP contribution in [0, 0.1) is 0 Å². The molecule has 7 heteroatoms. The minimum absolute atomic E-state index is 0.199. The number of pyridine rings is 1. The number of carbonyl (C=O) groups excluding carboxylic acids is 1. The number of primary amides is 1. The Hall–Kier alpha value is -2.31. The fourth-order valence-corrected chi connectivity index (χ4v) is 1.25. The van der Waals surface area contributed by atoms with Crippen LogP contribution in [-0.4, -0.2) is 31.1 Å². The summed E-state index contributed by atoms with van der Waals surface area (Å²) in [6.07, 6.45) is 1.85. The Morgan fingerprint density at radius 3 is 3.00 bits per heavy atom. The summed E-state index contributed by atoms with van der Waals surface area (Å²) < 4.78 is 1.51. The van der Waals surface area contributed by atoms with Gasteiger partial charge in [-0.15, -0.1) is 5.10 Å². The minimum Gasteiger partial charge on any atom is -0.370 e. The lowest BCUT2D eigenvalue weighted by atomic mass is 10.3. The van der Waals surface area contributed by atoms with Crippen LogP contribution >= 0.6 is 0 Å². The molecule has 0 aliphatic heterocycles. The van der Waals surface area contributed by atoms with Crippen molar-refractivity contribution in [2.75, 3.05) is 0 Å². The van der Waals surface area contributed by atoms with Gasteiger partial charge in [0.05, 0.1) is 6.54 Å². The summed E-state index contributed by atoms with van der Waals surface area (Å²) in [6, 6.07) is 5.45. The maximum Gasteiger partial charge on any atom is 0.219 e. The van der Waals surface area contributed by atoms with Crippen LogP contribution in [0.1, 0.15) is 6.42 Å². The highest BCUT2D eigenvalue weighted by molar-refractivity contribution is 5.73. The standard InChI is InChI=1S/C9H10N6O/c10-8(16)4-6-15-9(12-13-14-15)7-3-1-2-5-11-7/h1-3,5H,4,6H2,(H2,10,16). The van der Waals surface area contributed by atoms with Crippen molar-refractivity contribution in [3.05, 3.63) is 24.4 Å². The molecular formula is C9H10N6O. The molecule has 0 bridgehead atoms. The third-order valence-electron chi connectivity index (χ3n) is 2.00. The summed E-state index contributed by atoms with van der Waals surface area (Å²) in [4.78, 5) is 14.8. The fraction of sp³-hybridized carbons (Fsp3) is 0.222. The molecule has 0 unspecified atom stereocenters. The molecule has 2 aromatic heterocycles. The van der Waals surface area contributed by atoms with Gasteiger partial charge in [0.25, 0.3) is 0 Å². The SMILES string of the molecule is NC(=O)CCn1nnnc1-c1ccccn1. The highest BCUT2D eigenvalue weighted by Crippen LogP contribution is 2.11. The van der Waals surface area contributed by atoms with Crippen molar-refractivity contribution >= 4 is 5.91 Å². The van der Waals surface area contributed by atoms with Crippen molar-refractivity contribution in [1.82, 2.24) is 25.2 Å². The second kappa shape index (κ2) is 4.47. The van der Waals surface area contributed by atoms with E-state index in [-0.39, 0.29) is 12.3 Å². The van der Waals surface area contributed by atoms with Crippen LogP contribution in [0.2, 0.25) is 0 Å². The third-order valence-corrected chi connectivity index (χ3v) is 2.00. The monoisotopic (exact) mass is 218 g/mol. The van der Waals surface area contributed by atoms with Gasteiger partial charge in [0.2, 0.25) is 11.7 Å². The van der Waals surface area contributed by atoms with Crippen molar-refractivity contribution < 1.29 is 4.79 Å². The molecule has 2 heterocycles. The van der Waals surface area contributed by atoms with Crippen LogP contribution in [0.3, 0.4) is 0 Å². The van der Waals surface area contributed by atoms with Crippen molar-refractivity contribution in [2.45, 2.75) is 13.0 Å². The first-order valence-corrected chi connectivity index (χ1v) is 4.73. The second-order valence-corrected chi connectivity index (χ2v) is 3.16. The number of tetrazole rings is 1. The molecule has 0 fully saturated rings. The van der Waals surface area contributed by atoms with Gasteiger partial charge in [-0.05, 0) is 22.6 Å². The van der Waals surface area contributed by atoms with Gasteiger partial charge in [0, 0.05) is 12.6 Å². The summed E-state index contributed by atoms with van der Waals surface area (Å²) in [7, 11) is 0. The van der Waals surface area contributed by atoms with E-state index >= 15 is 0 Å². The van der Waals surface area contributed by atoms with Gasteiger partial charge in [-0.3, -0.25) is 9.78 Å². The molecule has 7 nitrogen and oxygen atoms in total. The average Bonchev–Trinajstić information content (AvgIpc) is 2.75. The third kappa shape index (κ3) is 2.19. The van der Waals surface area contributed by atoms with Gasteiger partial charge in [-0.25, -0.2) is 4.68 Å². The van der Waals surface area contributed by atoms with Crippen LogP contribution in [0.25, 0.3) is 11.5 Å². The van der Waals surface area contributed by atoms with Gasteiger partial charge in [0.15, 0.2) is 0 Å². The van der Waals surface area contributed by atoms with Gasteiger partial charge >= 0.3 is 0 Å². The van der Waals surface area contributed by atoms with Gasteiger partial charge in [-0.1, -0.05) is 6.07 Å². The number of hydrogen-bond donors (Lipinski definition) is 1. The van der Waals surface area contributed by atoms with E-state index < -0.39 is 0 Å². The van der Waals surface area contributed by atoms with E-state index in [0.29, 0.717) is 18.1 Å². The molecule has 0 radical (unpaired) electrons. The Labute approximate surface area is 91.3 Å². The molecule has 0 spiro atoms. The predicted molar refractivity (Wildman–Crippen MR) is 54.9 cm³/mol. The summed E-state index contributed by atoms with van der Waals surface area (Å²) in [5.41, 5.74) is 5.73. The fourth-order valence-electron chi connectivity index (χ4n) is 1.25. The van der Waals surface area contributed by atoms with E-state index in [0.717, 1.165) is 0 Å². The zero-order valence-electron chi connectivity index (χ0n) is 8.45. The summed E-state index contributed by atoms with van der Waals surface area (Å²) in [6.45, 7) is 0.355. The number of amides is 1. The first kappa shape index (κ1) is 10.2. The second-order valence-electron chi connectivity index (χ2n) is 3.16. The van der Waals surface area contributed by atoms with Gasteiger partial charge < -0.3 is 5.73 Å². The van der Waals surface area contributed by atoms with Crippen molar-refractivity contribution in [3.8, 4) is 11.5 Å².